The molecule has 1 aromatic rings. The number of aromatic carboxylic acids is 1. The number of carboxylic acid groups (broad SMARTS) is 2. The van der Waals surface area contributed by atoms with E-state index in [2.05, 4.69) is 0 Å². The summed E-state index contributed by atoms with van der Waals surface area (Å²) in [6.07, 6.45) is 2.16. The van der Waals surface area contributed by atoms with Gasteiger partial charge in [0.1, 0.15) is 0 Å². The molecule has 5 N–H and O–H groups in total. The lowest BCUT2D eigenvalue weighted by atomic mass is 10.1. The standard InChI is InChI=1S/C10H8O4.H3NO2/c11-9(12)6-5-7-3-1-2-4-8(7)10(13)14;2-1-3/h1-6H,(H,11,12)(H,13,14);1-3H/b6-5+;. The minimum Gasteiger partial charge on any atom is -0.478 e. The Bertz CT molecular complexity index is 415. The highest BCUT2D eigenvalue weighted by atomic mass is 16.7. The van der Waals surface area contributed by atoms with Crippen molar-refractivity contribution in [1.82, 2.24) is 5.64 Å². The molecule has 0 aromatic heterocycles. The molecule has 0 unspecified atom stereocenters. The van der Waals surface area contributed by atoms with Gasteiger partial charge in [0, 0.05) is 6.08 Å². The fraction of sp³-hybridized carbons (Fsp3) is 0. The van der Waals surface area contributed by atoms with Gasteiger partial charge in [-0.3, -0.25) is 10.4 Å². The molecular formula is C10H11NO6. The quantitative estimate of drug-likeness (QED) is 0.392. The summed E-state index contributed by atoms with van der Waals surface area (Å²) in [6, 6.07) is 6.20. The summed E-state index contributed by atoms with van der Waals surface area (Å²) in [7, 11) is 0. The zero-order valence-electron chi connectivity index (χ0n) is 8.57. The zero-order chi connectivity index (χ0) is 13.3. The SMILES string of the molecule is O=C(O)/C=C/c1ccccc1C(=O)O.ONO. The zero-order valence-corrected chi connectivity index (χ0v) is 8.57. The lowest BCUT2D eigenvalue weighted by Gasteiger charge is -1.98. The van der Waals surface area contributed by atoms with Crippen LogP contribution >= 0.6 is 0 Å². The molecule has 0 fully saturated rings. The molecule has 0 saturated carbocycles. The van der Waals surface area contributed by atoms with Crippen molar-refractivity contribution < 1.29 is 30.2 Å². The Kier molecular flexibility index (Phi) is 6.95. The fourth-order valence-corrected chi connectivity index (χ4v) is 0.998. The minimum absolute atomic E-state index is 0.0880. The van der Waals surface area contributed by atoms with E-state index in [0.717, 1.165) is 11.7 Å². The molecule has 0 spiro atoms. The van der Waals surface area contributed by atoms with Crippen LogP contribution in [0.15, 0.2) is 30.3 Å². The summed E-state index contributed by atoms with van der Waals surface area (Å²) in [5.74, 6) is -2.18. The molecule has 0 atom stereocenters. The van der Waals surface area contributed by atoms with Crippen molar-refractivity contribution in [2.45, 2.75) is 0 Å². The molecule has 0 amide bonds. The summed E-state index contributed by atoms with van der Waals surface area (Å²) in [6.45, 7) is 0. The van der Waals surface area contributed by atoms with Crippen molar-refractivity contribution >= 4 is 18.0 Å². The molecule has 0 saturated heterocycles. The van der Waals surface area contributed by atoms with Gasteiger partial charge in [0.05, 0.1) is 5.56 Å². The Morgan fingerprint density at radius 3 is 2.12 bits per heavy atom. The number of hydrogen-bond acceptors (Lipinski definition) is 5. The first-order chi connectivity index (χ1) is 8.02. The lowest BCUT2D eigenvalue weighted by Crippen LogP contribution is -1.99. The van der Waals surface area contributed by atoms with E-state index < -0.39 is 11.9 Å². The maximum absolute atomic E-state index is 10.7. The summed E-state index contributed by atoms with van der Waals surface area (Å²) in [4.78, 5) is 20.9. The van der Waals surface area contributed by atoms with Crippen LogP contribution in [0.25, 0.3) is 6.08 Å². The molecule has 1 rings (SSSR count). The van der Waals surface area contributed by atoms with Gasteiger partial charge in [-0.1, -0.05) is 23.8 Å². The van der Waals surface area contributed by atoms with Crippen LogP contribution in [-0.4, -0.2) is 32.6 Å². The normalized spacial score (nSPS) is 9.53. The maximum Gasteiger partial charge on any atom is 0.336 e. The van der Waals surface area contributed by atoms with Crippen LogP contribution in [0.5, 0.6) is 0 Å². The van der Waals surface area contributed by atoms with E-state index in [-0.39, 0.29) is 5.56 Å². The molecule has 0 aliphatic carbocycles. The van der Waals surface area contributed by atoms with Crippen LogP contribution in [0.4, 0.5) is 0 Å². The number of rotatable bonds is 3. The van der Waals surface area contributed by atoms with Gasteiger partial charge in [0.2, 0.25) is 0 Å². The number of aliphatic carboxylic acids is 1. The topological polar surface area (TPSA) is 127 Å². The summed E-state index contributed by atoms with van der Waals surface area (Å²) < 4.78 is 0. The number of benzene rings is 1. The highest BCUT2D eigenvalue weighted by Gasteiger charge is 2.05. The average molecular weight is 241 g/mol. The Balaban J connectivity index is 0.000000770. The average Bonchev–Trinajstić information content (AvgIpc) is 2.27. The number of hydrogen-bond donors (Lipinski definition) is 5. The summed E-state index contributed by atoms with van der Waals surface area (Å²) in [5.41, 5.74) is 1.22. The second-order valence-corrected chi connectivity index (χ2v) is 2.66. The molecule has 0 bridgehead atoms. The third-order valence-electron chi connectivity index (χ3n) is 1.60. The van der Waals surface area contributed by atoms with E-state index in [4.69, 9.17) is 20.6 Å². The molecule has 92 valence electrons. The minimum atomic E-state index is -1.11. The van der Waals surface area contributed by atoms with Gasteiger partial charge < -0.3 is 10.2 Å². The van der Waals surface area contributed by atoms with Crippen molar-refractivity contribution in [3.05, 3.63) is 41.5 Å². The van der Waals surface area contributed by atoms with Crippen molar-refractivity contribution in [1.29, 1.82) is 0 Å². The predicted octanol–water partition coefficient (Wildman–Crippen LogP) is 0.837. The molecule has 7 heteroatoms. The maximum atomic E-state index is 10.7. The van der Waals surface area contributed by atoms with Gasteiger partial charge in [-0.2, -0.15) is 0 Å². The highest BCUT2D eigenvalue weighted by Crippen LogP contribution is 2.10. The van der Waals surface area contributed by atoms with E-state index in [0.29, 0.717) is 5.56 Å². The van der Waals surface area contributed by atoms with E-state index in [1.54, 1.807) is 18.2 Å². The Morgan fingerprint density at radius 2 is 1.65 bits per heavy atom. The molecule has 0 aliphatic heterocycles. The van der Waals surface area contributed by atoms with Crippen LogP contribution < -0.4 is 5.64 Å². The molecule has 0 radical (unpaired) electrons. The number of carbonyl (C=O) groups is 2. The van der Waals surface area contributed by atoms with Crippen LogP contribution in [0, 0.1) is 0 Å². The van der Waals surface area contributed by atoms with Crippen LogP contribution in [0.1, 0.15) is 15.9 Å². The third kappa shape index (κ3) is 6.05. The second kappa shape index (κ2) is 7.99. The monoisotopic (exact) mass is 241 g/mol. The fourth-order valence-electron chi connectivity index (χ4n) is 0.998. The largest absolute Gasteiger partial charge is 0.478 e. The second-order valence-electron chi connectivity index (χ2n) is 2.66. The third-order valence-corrected chi connectivity index (χ3v) is 1.60. The number of carboxylic acids is 2. The van der Waals surface area contributed by atoms with Crippen molar-refractivity contribution in [3.8, 4) is 0 Å². The Morgan fingerprint density at radius 1 is 1.12 bits per heavy atom. The van der Waals surface area contributed by atoms with Crippen LogP contribution in [0.3, 0.4) is 0 Å². The van der Waals surface area contributed by atoms with Crippen LogP contribution in [0.2, 0.25) is 0 Å². The first-order valence-electron chi connectivity index (χ1n) is 4.29. The first-order valence-corrected chi connectivity index (χ1v) is 4.29. The smallest absolute Gasteiger partial charge is 0.336 e. The summed E-state index contributed by atoms with van der Waals surface area (Å²) in [5, 5.41) is 30.9. The van der Waals surface area contributed by atoms with Crippen molar-refractivity contribution in [2.75, 3.05) is 0 Å². The van der Waals surface area contributed by atoms with Gasteiger partial charge in [0.25, 0.3) is 0 Å². The highest BCUT2D eigenvalue weighted by molar-refractivity contribution is 5.94. The molecular weight excluding hydrogens is 230 g/mol. The van der Waals surface area contributed by atoms with Crippen molar-refractivity contribution in [2.24, 2.45) is 0 Å². The molecule has 0 heterocycles. The summed E-state index contributed by atoms with van der Waals surface area (Å²) >= 11 is 0. The van der Waals surface area contributed by atoms with Crippen LogP contribution in [-0.2, 0) is 4.79 Å². The van der Waals surface area contributed by atoms with Gasteiger partial charge in [-0.25, -0.2) is 9.59 Å². The molecule has 17 heavy (non-hydrogen) atoms. The van der Waals surface area contributed by atoms with Gasteiger partial charge in [-0.05, 0) is 17.7 Å². The van der Waals surface area contributed by atoms with Crippen molar-refractivity contribution in [3.63, 3.8) is 0 Å². The van der Waals surface area contributed by atoms with E-state index >= 15 is 0 Å². The Hall–Kier alpha value is -2.22. The van der Waals surface area contributed by atoms with Gasteiger partial charge in [0.15, 0.2) is 0 Å². The molecule has 7 nitrogen and oxygen atoms in total. The molecule has 1 aromatic carbocycles. The number of nitrogens with one attached hydrogen (secondary N) is 1. The van der Waals surface area contributed by atoms with Gasteiger partial charge >= 0.3 is 11.9 Å². The van der Waals surface area contributed by atoms with E-state index in [1.807, 2.05) is 0 Å². The Labute approximate surface area is 96.2 Å². The lowest BCUT2D eigenvalue weighted by molar-refractivity contribution is -0.131. The first kappa shape index (κ1) is 14.8. The predicted molar refractivity (Wildman–Crippen MR) is 56.8 cm³/mol. The molecule has 0 aliphatic rings. The van der Waals surface area contributed by atoms with E-state index in [1.165, 1.54) is 12.1 Å². The van der Waals surface area contributed by atoms with E-state index in [9.17, 15) is 9.59 Å². The van der Waals surface area contributed by atoms with Gasteiger partial charge in [-0.15, -0.1) is 0 Å².